The number of carbonyl (C=O) groups excluding carboxylic acids is 1. The van der Waals surface area contributed by atoms with Gasteiger partial charge in [0, 0.05) is 0 Å². The summed E-state index contributed by atoms with van der Waals surface area (Å²) >= 11 is 0. The highest BCUT2D eigenvalue weighted by molar-refractivity contribution is 5.88. The van der Waals surface area contributed by atoms with Crippen molar-refractivity contribution in [3.05, 3.63) is 11.4 Å². The van der Waals surface area contributed by atoms with Crippen LogP contribution in [0.2, 0.25) is 0 Å². The molecule has 0 bridgehead atoms. The number of carbonyl (C=O) groups is 1. The van der Waals surface area contributed by atoms with E-state index in [9.17, 15) is 4.79 Å². The minimum Gasteiger partial charge on any atom is -0.461 e. The summed E-state index contributed by atoms with van der Waals surface area (Å²) in [6.45, 7) is 3.92. The van der Waals surface area contributed by atoms with Crippen molar-refractivity contribution in [3.8, 4) is 0 Å². The Balaban J connectivity index is 2.79. The summed E-state index contributed by atoms with van der Waals surface area (Å²) in [5.74, 6) is -0.476. The lowest BCUT2D eigenvalue weighted by atomic mass is 10.3. The first-order valence-corrected chi connectivity index (χ1v) is 3.78. The van der Waals surface area contributed by atoms with Gasteiger partial charge in [-0.05, 0) is 18.5 Å². The second kappa shape index (κ2) is 3.85. The summed E-state index contributed by atoms with van der Waals surface area (Å²) in [6.07, 6.45) is 0.609. The van der Waals surface area contributed by atoms with Gasteiger partial charge in [0.15, 0.2) is 0 Å². The summed E-state index contributed by atoms with van der Waals surface area (Å²) < 4.78 is 9.13. The average Bonchev–Trinajstić information content (AvgIpc) is 2.51. The number of hydrogen-bond donors (Lipinski definition) is 0. The fourth-order valence-electron chi connectivity index (χ4n) is 0.793. The Kier molecular flexibility index (Phi) is 2.79. The van der Waals surface area contributed by atoms with Crippen LogP contribution in [-0.4, -0.2) is 22.9 Å². The van der Waals surface area contributed by atoms with Gasteiger partial charge in [0.05, 0.1) is 6.61 Å². The van der Waals surface area contributed by atoms with Crippen molar-refractivity contribution in [2.75, 3.05) is 6.61 Å². The van der Waals surface area contributed by atoms with Gasteiger partial charge in [-0.3, -0.25) is 0 Å². The lowest BCUT2D eigenvalue weighted by Gasteiger charge is -1.96. The number of aryl methyl sites for hydroxylation is 1. The molecule has 1 heterocycles. The van der Waals surface area contributed by atoms with Gasteiger partial charge in [0.1, 0.15) is 5.69 Å². The van der Waals surface area contributed by atoms with Crippen molar-refractivity contribution in [3.63, 3.8) is 0 Å². The molecule has 5 heteroatoms. The van der Waals surface area contributed by atoms with Crippen molar-refractivity contribution >= 4 is 5.97 Å². The number of nitrogens with zero attached hydrogens (tertiary/aromatic N) is 2. The number of ether oxygens (including phenoxy) is 1. The van der Waals surface area contributed by atoms with Crippen LogP contribution in [0, 0.1) is 0 Å². The predicted molar refractivity (Wildman–Crippen MR) is 39.6 cm³/mol. The van der Waals surface area contributed by atoms with Crippen LogP contribution in [-0.2, 0) is 11.2 Å². The van der Waals surface area contributed by atoms with Crippen LogP contribution in [0.15, 0.2) is 4.63 Å². The van der Waals surface area contributed by atoms with E-state index in [2.05, 4.69) is 14.9 Å². The zero-order valence-electron chi connectivity index (χ0n) is 7.03. The van der Waals surface area contributed by atoms with Crippen LogP contribution in [0.5, 0.6) is 0 Å². The molecular weight excluding hydrogens is 160 g/mol. The van der Waals surface area contributed by atoms with Crippen molar-refractivity contribution < 1.29 is 14.2 Å². The SMILES string of the molecule is CCOC(=O)c1nonc1CC. The van der Waals surface area contributed by atoms with Crippen molar-refractivity contribution in [2.45, 2.75) is 20.3 Å². The number of hydrogen-bond acceptors (Lipinski definition) is 5. The quantitative estimate of drug-likeness (QED) is 0.628. The summed E-state index contributed by atoms with van der Waals surface area (Å²) in [5, 5.41) is 7.00. The van der Waals surface area contributed by atoms with Crippen LogP contribution in [0.25, 0.3) is 0 Å². The number of esters is 1. The monoisotopic (exact) mass is 170 g/mol. The molecule has 5 nitrogen and oxygen atoms in total. The molecule has 0 aliphatic rings. The third kappa shape index (κ3) is 1.61. The lowest BCUT2D eigenvalue weighted by molar-refractivity contribution is 0.0513. The molecule has 0 aromatic carbocycles. The Morgan fingerprint density at radius 3 is 2.83 bits per heavy atom. The topological polar surface area (TPSA) is 65.2 Å². The minimum atomic E-state index is -0.476. The Bertz CT molecular complexity index is 269. The van der Waals surface area contributed by atoms with Crippen LogP contribution in [0.1, 0.15) is 30.0 Å². The summed E-state index contributed by atoms with van der Waals surface area (Å²) in [7, 11) is 0. The van der Waals surface area contributed by atoms with E-state index in [1.807, 2.05) is 6.92 Å². The molecule has 0 aliphatic carbocycles. The Labute approximate surface area is 69.7 Å². The average molecular weight is 170 g/mol. The molecule has 66 valence electrons. The van der Waals surface area contributed by atoms with Crippen molar-refractivity contribution in [1.29, 1.82) is 0 Å². The highest BCUT2D eigenvalue weighted by Crippen LogP contribution is 2.04. The summed E-state index contributed by atoms with van der Waals surface area (Å²) in [6, 6.07) is 0. The van der Waals surface area contributed by atoms with Gasteiger partial charge in [-0.1, -0.05) is 12.1 Å². The molecule has 0 unspecified atom stereocenters. The summed E-state index contributed by atoms with van der Waals surface area (Å²) in [4.78, 5) is 11.1. The van der Waals surface area contributed by atoms with E-state index >= 15 is 0 Å². The molecule has 1 aromatic heterocycles. The molecule has 0 radical (unpaired) electrons. The molecule has 0 amide bonds. The largest absolute Gasteiger partial charge is 0.461 e. The molecule has 1 rings (SSSR count). The standard InChI is InChI=1S/C7H10N2O3/c1-3-5-6(9-12-8-5)7(10)11-4-2/h3-4H2,1-2H3. The molecule has 12 heavy (non-hydrogen) atoms. The van der Waals surface area contributed by atoms with E-state index in [0.717, 1.165) is 0 Å². The number of aromatic nitrogens is 2. The maximum Gasteiger partial charge on any atom is 0.362 e. The fourth-order valence-corrected chi connectivity index (χ4v) is 0.793. The molecule has 0 spiro atoms. The first kappa shape index (κ1) is 8.70. The van der Waals surface area contributed by atoms with Crippen molar-refractivity contribution in [2.24, 2.45) is 0 Å². The lowest BCUT2D eigenvalue weighted by Crippen LogP contribution is -2.07. The highest BCUT2D eigenvalue weighted by Gasteiger charge is 2.17. The molecule has 0 saturated heterocycles. The zero-order chi connectivity index (χ0) is 8.97. The molecule has 0 fully saturated rings. The molecule has 1 aromatic rings. The predicted octanol–water partition coefficient (Wildman–Crippen LogP) is 0.809. The van der Waals surface area contributed by atoms with Gasteiger partial charge in [0.25, 0.3) is 0 Å². The van der Waals surface area contributed by atoms with E-state index < -0.39 is 5.97 Å². The molecule has 0 atom stereocenters. The highest BCUT2D eigenvalue weighted by atomic mass is 16.6. The fraction of sp³-hybridized carbons (Fsp3) is 0.571. The van der Waals surface area contributed by atoms with Crippen molar-refractivity contribution in [1.82, 2.24) is 10.3 Å². The molecular formula is C7H10N2O3. The van der Waals surface area contributed by atoms with Crippen LogP contribution >= 0.6 is 0 Å². The molecule has 0 N–H and O–H groups in total. The third-order valence-corrected chi connectivity index (χ3v) is 1.36. The first-order chi connectivity index (χ1) is 5.79. The van der Waals surface area contributed by atoms with Gasteiger partial charge in [-0.2, -0.15) is 0 Å². The summed E-state index contributed by atoms with van der Waals surface area (Å²) in [5.41, 5.74) is 0.716. The second-order valence-electron chi connectivity index (χ2n) is 2.13. The molecule has 0 aliphatic heterocycles. The van der Waals surface area contributed by atoms with E-state index in [0.29, 0.717) is 18.7 Å². The smallest absolute Gasteiger partial charge is 0.362 e. The van der Waals surface area contributed by atoms with E-state index in [4.69, 9.17) is 4.74 Å². The van der Waals surface area contributed by atoms with Gasteiger partial charge in [0.2, 0.25) is 5.69 Å². The van der Waals surface area contributed by atoms with Gasteiger partial charge < -0.3 is 4.74 Å². The Morgan fingerprint density at radius 2 is 2.25 bits per heavy atom. The van der Waals surface area contributed by atoms with E-state index in [1.54, 1.807) is 6.92 Å². The third-order valence-electron chi connectivity index (χ3n) is 1.36. The first-order valence-electron chi connectivity index (χ1n) is 3.78. The van der Waals surface area contributed by atoms with Crippen LogP contribution in [0.3, 0.4) is 0 Å². The maximum atomic E-state index is 11.1. The Morgan fingerprint density at radius 1 is 1.50 bits per heavy atom. The second-order valence-corrected chi connectivity index (χ2v) is 2.13. The van der Waals surface area contributed by atoms with Crippen LogP contribution in [0.4, 0.5) is 0 Å². The zero-order valence-corrected chi connectivity index (χ0v) is 7.03. The molecule has 0 saturated carbocycles. The van der Waals surface area contributed by atoms with Crippen LogP contribution < -0.4 is 0 Å². The van der Waals surface area contributed by atoms with Gasteiger partial charge in [-0.25, -0.2) is 9.42 Å². The van der Waals surface area contributed by atoms with E-state index in [-0.39, 0.29) is 5.69 Å². The van der Waals surface area contributed by atoms with E-state index in [1.165, 1.54) is 0 Å². The number of rotatable bonds is 3. The Hall–Kier alpha value is -1.39. The maximum absolute atomic E-state index is 11.1. The minimum absolute atomic E-state index is 0.180. The van der Waals surface area contributed by atoms with Gasteiger partial charge in [-0.15, -0.1) is 0 Å². The normalized spacial score (nSPS) is 9.83. The van der Waals surface area contributed by atoms with Gasteiger partial charge >= 0.3 is 5.97 Å².